The number of rotatable bonds is 3. The number of anilines is 1. The lowest BCUT2D eigenvalue weighted by atomic mass is 10.3. The van der Waals surface area contributed by atoms with Gasteiger partial charge in [-0.15, -0.1) is 0 Å². The molecule has 0 aliphatic carbocycles. The Morgan fingerprint density at radius 3 is 2.88 bits per heavy atom. The van der Waals surface area contributed by atoms with Crippen LogP contribution < -0.4 is 10.5 Å². The quantitative estimate of drug-likeness (QED) is 0.774. The summed E-state index contributed by atoms with van der Waals surface area (Å²) in [5, 5.41) is 0. The first-order chi connectivity index (χ1) is 7.99. The monoisotopic (exact) mass is 260 g/mol. The van der Waals surface area contributed by atoms with Gasteiger partial charge in [-0.25, -0.2) is 17.5 Å². The fraction of sp³-hybridized carbons (Fsp3) is 0.400. The Kier molecular flexibility index (Phi) is 3.32. The molecule has 94 valence electrons. The molecule has 1 aliphatic rings. The van der Waals surface area contributed by atoms with Gasteiger partial charge in [0.05, 0.1) is 6.61 Å². The SMILES string of the molecule is Nc1ccc(F)c(S(=O)(=O)NC2CCOC2)c1. The van der Waals surface area contributed by atoms with Crippen molar-refractivity contribution in [1.82, 2.24) is 4.72 Å². The van der Waals surface area contributed by atoms with E-state index in [1.165, 1.54) is 6.07 Å². The normalized spacial score (nSPS) is 20.6. The molecule has 3 N–H and O–H groups in total. The zero-order chi connectivity index (χ0) is 12.5. The van der Waals surface area contributed by atoms with Crippen molar-refractivity contribution in [3.05, 3.63) is 24.0 Å². The van der Waals surface area contributed by atoms with Gasteiger partial charge < -0.3 is 10.5 Å². The van der Waals surface area contributed by atoms with Crippen LogP contribution in [0.25, 0.3) is 0 Å². The average molecular weight is 260 g/mol. The van der Waals surface area contributed by atoms with Crippen molar-refractivity contribution >= 4 is 15.7 Å². The second-order valence-electron chi connectivity index (χ2n) is 3.87. The van der Waals surface area contributed by atoms with Crippen molar-refractivity contribution in [2.75, 3.05) is 18.9 Å². The van der Waals surface area contributed by atoms with E-state index in [4.69, 9.17) is 10.5 Å². The number of nitrogens with one attached hydrogen (secondary N) is 1. The van der Waals surface area contributed by atoms with Gasteiger partial charge in [-0.2, -0.15) is 0 Å². The van der Waals surface area contributed by atoms with Gasteiger partial charge in [0.1, 0.15) is 10.7 Å². The second-order valence-corrected chi connectivity index (χ2v) is 5.55. The smallest absolute Gasteiger partial charge is 0.243 e. The van der Waals surface area contributed by atoms with Gasteiger partial charge in [-0.1, -0.05) is 0 Å². The Morgan fingerprint density at radius 2 is 2.24 bits per heavy atom. The van der Waals surface area contributed by atoms with E-state index in [-0.39, 0.29) is 11.7 Å². The molecule has 0 bridgehead atoms. The van der Waals surface area contributed by atoms with Crippen molar-refractivity contribution in [3.8, 4) is 0 Å². The molecule has 1 fully saturated rings. The zero-order valence-electron chi connectivity index (χ0n) is 9.02. The number of nitrogen functional groups attached to an aromatic ring is 1. The molecule has 1 aromatic rings. The lowest BCUT2D eigenvalue weighted by molar-refractivity contribution is 0.192. The van der Waals surface area contributed by atoms with E-state index in [9.17, 15) is 12.8 Å². The van der Waals surface area contributed by atoms with E-state index in [2.05, 4.69) is 4.72 Å². The van der Waals surface area contributed by atoms with Gasteiger partial charge in [0.2, 0.25) is 10.0 Å². The largest absolute Gasteiger partial charge is 0.399 e. The van der Waals surface area contributed by atoms with Crippen LogP contribution in [0.4, 0.5) is 10.1 Å². The number of nitrogens with two attached hydrogens (primary N) is 1. The minimum Gasteiger partial charge on any atom is -0.399 e. The molecule has 17 heavy (non-hydrogen) atoms. The lowest BCUT2D eigenvalue weighted by Crippen LogP contribution is -2.35. The molecular weight excluding hydrogens is 247 g/mol. The highest BCUT2D eigenvalue weighted by Crippen LogP contribution is 2.18. The molecule has 5 nitrogen and oxygen atoms in total. The first-order valence-electron chi connectivity index (χ1n) is 5.14. The van der Waals surface area contributed by atoms with Gasteiger partial charge in [0.15, 0.2) is 0 Å². The number of halogens is 1. The first-order valence-corrected chi connectivity index (χ1v) is 6.62. The van der Waals surface area contributed by atoms with Crippen LogP contribution in [-0.4, -0.2) is 27.7 Å². The van der Waals surface area contributed by atoms with E-state index >= 15 is 0 Å². The maximum absolute atomic E-state index is 13.4. The fourth-order valence-electron chi connectivity index (χ4n) is 1.64. The summed E-state index contributed by atoms with van der Waals surface area (Å²) in [4.78, 5) is -0.426. The summed E-state index contributed by atoms with van der Waals surface area (Å²) in [5.41, 5.74) is 5.65. The van der Waals surface area contributed by atoms with Crippen LogP contribution in [0.1, 0.15) is 6.42 Å². The van der Waals surface area contributed by atoms with Crippen LogP contribution in [0, 0.1) is 5.82 Å². The van der Waals surface area contributed by atoms with E-state index in [0.29, 0.717) is 19.6 Å². The maximum Gasteiger partial charge on any atom is 0.243 e. The van der Waals surface area contributed by atoms with Crippen LogP contribution in [0.5, 0.6) is 0 Å². The van der Waals surface area contributed by atoms with Crippen LogP contribution in [0.2, 0.25) is 0 Å². The molecule has 1 atom stereocenters. The maximum atomic E-state index is 13.4. The topological polar surface area (TPSA) is 81.4 Å². The second kappa shape index (κ2) is 4.59. The minimum absolute atomic E-state index is 0.203. The summed E-state index contributed by atoms with van der Waals surface area (Å²) < 4.78 is 44.7. The molecule has 0 radical (unpaired) electrons. The molecule has 0 aromatic heterocycles. The molecular formula is C10H13FN2O3S. The summed E-state index contributed by atoms with van der Waals surface area (Å²) in [6.07, 6.45) is 0.586. The van der Waals surface area contributed by atoms with E-state index in [0.717, 1.165) is 12.1 Å². The van der Waals surface area contributed by atoms with E-state index < -0.39 is 20.7 Å². The highest BCUT2D eigenvalue weighted by molar-refractivity contribution is 7.89. The number of hydrogen-bond donors (Lipinski definition) is 2. The summed E-state index contributed by atoms with van der Waals surface area (Å²) in [5.74, 6) is -0.814. The Morgan fingerprint density at radius 1 is 1.47 bits per heavy atom. The van der Waals surface area contributed by atoms with Crippen molar-refractivity contribution < 1.29 is 17.5 Å². The molecule has 7 heteroatoms. The molecule has 0 saturated carbocycles. The van der Waals surface area contributed by atoms with Gasteiger partial charge in [0, 0.05) is 18.3 Å². The molecule has 0 spiro atoms. The Balaban J connectivity index is 2.27. The van der Waals surface area contributed by atoms with Crippen LogP contribution >= 0.6 is 0 Å². The standard InChI is InChI=1S/C10H13FN2O3S/c11-9-2-1-7(12)5-10(9)17(14,15)13-8-3-4-16-6-8/h1-2,5,8,13H,3-4,6,12H2. The molecule has 2 rings (SSSR count). The average Bonchev–Trinajstić information content (AvgIpc) is 2.73. The van der Waals surface area contributed by atoms with Gasteiger partial charge >= 0.3 is 0 Å². The van der Waals surface area contributed by atoms with Crippen molar-refractivity contribution in [1.29, 1.82) is 0 Å². The summed E-state index contributed by atoms with van der Waals surface area (Å²) in [7, 11) is -3.88. The number of ether oxygens (including phenoxy) is 1. The Bertz CT molecular complexity index is 512. The summed E-state index contributed by atoms with van der Waals surface area (Å²) in [6.45, 7) is 0.815. The Hall–Kier alpha value is -1.18. The number of sulfonamides is 1. The van der Waals surface area contributed by atoms with Crippen LogP contribution in [0.3, 0.4) is 0 Å². The molecule has 1 unspecified atom stereocenters. The van der Waals surface area contributed by atoms with E-state index in [1.54, 1.807) is 0 Å². The zero-order valence-corrected chi connectivity index (χ0v) is 9.84. The van der Waals surface area contributed by atoms with Gasteiger partial charge in [0.25, 0.3) is 0 Å². The van der Waals surface area contributed by atoms with E-state index in [1.807, 2.05) is 0 Å². The third kappa shape index (κ3) is 2.74. The molecule has 1 aliphatic heterocycles. The predicted molar refractivity (Wildman–Crippen MR) is 60.4 cm³/mol. The fourth-order valence-corrected chi connectivity index (χ4v) is 3.00. The summed E-state index contributed by atoms with van der Waals surface area (Å²) in [6, 6.07) is 3.15. The first kappa shape index (κ1) is 12.3. The van der Waals surface area contributed by atoms with Gasteiger partial charge in [-0.05, 0) is 24.6 Å². The predicted octanol–water partition coefficient (Wildman–Crippen LogP) is 0.475. The van der Waals surface area contributed by atoms with Crippen LogP contribution in [0.15, 0.2) is 23.1 Å². The third-order valence-corrected chi connectivity index (χ3v) is 4.03. The molecule has 1 heterocycles. The molecule has 1 aromatic carbocycles. The lowest BCUT2D eigenvalue weighted by Gasteiger charge is -2.12. The van der Waals surface area contributed by atoms with Crippen LogP contribution in [-0.2, 0) is 14.8 Å². The highest BCUT2D eigenvalue weighted by atomic mass is 32.2. The summed E-state index contributed by atoms with van der Waals surface area (Å²) >= 11 is 0. The third-order valence-electron chi connectivity index (χ3n) is 2.50. The minimum atomic E-state index is -3.88. The number of hydrogen-bond acceptors (Lipinski definition) is 4. The van der Waals surface area contributed by atoms with Crippen molar-refractivity contribution in [3.63, 3.8) is 0 Å². The van der Waals surface area contributed by atoms with Gasteiger partial charge in [-0.3, -0.25) is 0 Å². The Labute approximate surface area is 98.8 Å². The molecule has 1 saturated heterocycles. The molecule has 0 amide bonds. The number of benzene rings is 1. The van der Waals surface area contributed by atoms with Crippen molar-refractivity contribution in [2.24, 2.45) is 0 Å². The highest BCUT2D eigenvalue weighted by Gasteiger charge is 2.25. The van der Waals surface area contributed by atoms with Crippen molar-refractivity contribution in [2.45, 2.75) is 17.4 Å².